The minimum atomic E-state index is -0.130. The highest BCUT2D eigenvalue weighted by atomic mass is 32.1. The third-order valence-electron chi connectivity index (χ3n) is 4.20. The van der Waals surface area contributed by atoms with Crippen molar-refractivity contribution in [1.82, 2.24) is 14.9 Å². The number of fused-ring (bicyclic) bond motifs is 1. The molecule has 24 heavy (non-hydrogen) atoms. The summed E-state index contributed by atoms with van der Waals surface area (Å²) in [5.74, 6) is 2.61. The molecule has 0 bridgehead atoms. The van der Waals surface area contributed by atoms with E-state index in [0.29, 0.717) is 0 Å². The second-order valence-corrected chi connectivity index (χ2v) is 6.57. The van der Waals surface area contributed by atoms with Crippen LogP contribution in [0.1, 0.15) is 32.0 Å². The van der Waals surface area contributed by atoms with Gasteiger partial charge in [0.05, 0.1) is 19.3 Å². The Morgan fingerprint density at radius 1 is 1.42 bits per heavy atom. The van der Waals surface area contributed by atoms with E-state index in [-0.39, 0.29) is 5.44 Å². The summed E-state index contributed by atoms with van der Waals surface area (Å²) in [6.07, 6.45) is 5.24. The number of unbranched alkanes of at least 4 members (excludes halogenated alkanes) is 1. The third-order valence-corrected chi connectivity index (χ3v) is 4.57. The van der Waals surface area contributed by atoms with Crippen LogP contribution in [0.15, 0.2) is 24.4 Å². The Morgan fingerprint density at radius 3 is 3.04 bits per heavy atom. The molecule has 0 aliphatic carbocycles. The smallest absolute Gasteiger partial charge is 0.141 e. The molecule has 0 amide bonds. The molecule has 1 aliphatic heterocycles. The van der Waals surface area contributed by atoms with Gasteiger partial charge in [0.2, 0.25) is 0 Å². The van der Waals surface area contributed by atoms with Gasteiger partial charge in [0.15, 0.2) is 0 Å². The quantitative estimate of drug-likeness (QED) is 0.595. The number of nitrogens with one attached hydrogen (secondary N) is 1. The normalized spacial score (nSPS) is 15.0. The molecule has 0 spiro atoms. The Hall–Kier alpha value is -1.66. The fourth-order valence-electron chi connectivity index (χ4n) is 2.84. The number of nitrogens with zero attached hydrogens (tertiary/aromatic N) is 2. The first-order chi connectivity index (χ1) is 11.7. The van der Waals surface area contributed by atoms with Crippen LogP contribution < -0.4 is 14.8 Å². The van der Waals surface area contributed by atoms with Crippen molar-refractivity contribution < 1.29 is 9.47 Å². The lowest BCUT2D eigenvalue weighted by Crippen LogP contribution is -2.27. The van der Waals surface area contributed by atoms with Crippen LogP contribution in [0.25, 0.3) is 11.3 Å². The molecular formula is C18H25N3O2S. The average Bonchev–Trinajstić information content (AvgIpc) is 3.03. The molecular weight excluding hydrogens is 322 g/mol. The number of ether oxygens (including phenoxy) is 2. The lowest BCUT2D eigenvalue weighted by Gasteiger charge is -2.17. The summed E-state index contributed by atoms with van der Waals surface area (Å²) < 4.78 is 13.6. The zero-order valence-corrected chi connectivity index (χ0v) is 15.2. The maximum atomic E-state index is 6.10. The molecule has 1 atom stereocenters. The Kier molecular flexibility index (Phi) is 5.68. The highest BCUT2D eigenvalue weighted by Gasteiger charge is 2.17. The van der Waals surface area contributed by atoms with Crippen molar-refractivity contribution >= 4 is 12.6 Å². The monoisotopic (exact) mass is 347 g/mol. The fourth-order valence-corrected chi connectivity index (χ4v) is 3.14. The van der Waals surface area contributed by atoms with E-state index in [1.807, 2.05) is 18.2 Å². The highest BCUT2D eigenvalue weighted by Crippen LogP contribution is 2.34. The van der Waals surface area contributed by atoms with Gasteiger partial charge in [0.25, 0.3) is 0 Å². The van der Waals surface area contributed by atoms with Gasteiger partial charge in [0, 0.05) is 30.9 Å². The van der Waals surface area contributed by atoms with E-state index >= 15 is 0 Å². The number of rotatable bonds is 7. The summed E-state index contributed by atoms with van der Waals surface area (Å²) in [7, 11) is 1.66. The highest BCUT2D eigenvalue weighted by molar-refractivity contribution is 7.80. The molecule has 1 aliphatic rings. The van der Waals surface area contributed by atoms with Gasteiger partial charge in [-0.15, -0.1) is 12.6 Å². The fraction of sp³-hybridized carbons (Fsp3) is 0.500. The number of hydrogen-bond donors (Lipinski definition) is 2. The maximum absolute atomic E-state index is 6.10. The SMILES string of the molecule is CCCCC(S)Oc1cc(OC)ccc1-c1cn2c(n1)CNCC2. The van der Waals surface area contributed by atoms with E-state index in [2.05, 4.69) is 35.6 Å². The molecule has 0 fully saturated rings. The van der Waals surface area contributed by atoms with E-state index in [0.717, 1.165) is 67.5 Å². The molecule has 1 unspecified atom stereocenters. The summed E-state index contributed by atoms with van der Waals surface area (Å²) in [6, 6.07) is 5.87. The van der Waals surface area contributed by atoms with Crippen LogP contribution in [-0.2, 0) is 13.1 Å². The molecule has 1 aromatic carbocycles. The molecule has 0 saturated heterocycles. The molecule has 1 aromatic heterocycles. The van der Waals surface area contributed by atoms with E-state index in [9.17, 15) is 0 Å². The van der Waals surface area contributed by atoms with Crippen LogP contribution in [-0.4, -0.2) is 28.6 Å². The number of thiol groups is 1. The predicted molar refractivity (Wildman–Crippen MR) is 98.8 cm³/mol. The molecule has 6 heteroatoms. The summed E-state index contributed by atoms with van der Waals surface area (Å²) in [5, 5.41) is 3.35. The first kappa shape index (κ1) is 17.2. The van der Waals surface area contributed by atoms with E-state index in [1.54, 1.807) is 7.11 Å². The van der Waals surface area contributed by atoms with Gasteiger partial charge < -0.3 is 19.4 Å². The van der Waals surface area contributed by atoms with Gasteiger partial charge in [-0.3, -0.25) is 0 Å². The van der Waals surface area contributed by atoms with Crippen molar-refractivity contribution in [2.45, 2.75) is 44.7 Å². The average molecular weight is 347 g/mol. The van der Waals surface area contributed by atoms with Gasteiger partial charge in [0.1, 0.15) is 22.8 Å². The standard InChI is InChI=1S/C18H25N3O2S/c1-3-4-5-18(24)23-16-10-13(22-2)6-7-14(16)15-12-21-9-8-19-11-17(21)20-15/h6-7,10,12,18-19,24H,3-5,8-9,11H2,1-2H3. The number of hydrogen-bond acceptors (Lipinski definition) is 5. The lowest BCUT2D eigenvalue weighted by atomic mass is 10.1. The molecule has 3 rings (SSSR count). The summed E-state index contributed by atoms with van der Waals surface area (Å²) in [6.45, 7) is 4.89. The molecule has 2 aromatic rings. The van der Waals surface area contributed by atoms with Crippen LogP contribution in [0.2, 0.25) is 0 Å². The largest absolute Gasteiger partial charge is 0.497 e. The van der Waals surface area contributed by atoms with Crippen LogP contribution in [0.5, 0.6) is 11.5 Å². The van der Waals surface area contributed by atoms with Crippen molar-refractivity contribution in [1.29, 1.82) is 0 Å². The summed E-state index contributed by atoms with van der Waals surface area (Å²) >= 11 is 4.57. The minimum Gasteiger partial charge on any atom is -0.497 e. The number of aromatic nitrogens is 2. The van der Waals surface area contributed by atoms with Gasteiger partial charge >= 0.3 is 0 Å². The van der Waals surface area contributed by atoms with Crippen LogP contribution >= 0.6 is 12.6 Å². The van der Waals surface area contributed by atoms with Crippen molar-refractivity contribution in [3.8, 4) is 22.8 Å². The number of benzene rings is 1. The van der Waals surface area contributed by atoms with Crippen molar-refractivity contribution in [2.75, 3.05) is 13.7 Å². The molecule has 0 saturated carbocycles. The number of imidazole rings is 1. The Morgan fingerprint density at radius 2 is 2.29 bits per heavy atom. The third kappa shape index (κ3) is 3.87. The zero-order chi connectivity index (χ0) is 16.9. The summed E-state index contributed by atoms with van der Waals surface area (Å²) in [5.41, 5.74) is 1.78. The Balaban J connectivity index is 1.90. The van der Waals surface area contributed by atoms with Crippen LogP contribution in [0, 0.1) is 0 Å². The zero-order valence-electron chi connectivity index (χ0n) is 14.3. The van der Waals surface area contributed by atoms with E-state index in [1.165, 1.54) is 0 Å². The first-order valence-corrected chi connectivity index (χ1v) is 9.02. The maximum Gasteiger partial charge on any atom is 0.141 e. The van der Waals surface area contributed by atoms with E-state index in [4.69, 9.17) is 14.5 Å². The van der Waals surface area contributed by atoms with Crippen molar-refractivity contribution in [2.24, 2.45) is 0 Å². The Labute approximate surface area is 148 Å². The molecule has 130 valence electrons. The van der Waals surface area contributed by atoms with Gasteiger partial charge in [-0.25, -0.2) is 4.98 Å². The second kappa shape index (κ2) is 7.94. The van der Waals surface area contributed by atoms with E-state index < -0.39 is 0 Å². The Bertz CT molecular complexity index is 663. The molecule has 5 nitrogen and oxygen atoms in total. The molecule has 2 heterocycles. The van der Waals surface area contributed by atoms with Crippen LogP contribution in [0.3, 0.4) is 0 Å². The number of methoxy groups -OCH3 is 1. The molecule has 0 radical (unpaired) electrons. The topological polar surface area (TPSA) is 48.3 Å². The molecule has 1 N–H and O–H groups in total. The van der Waals surface area contributed by atoms with Gasteiger partial charge in [-0.2, -0.15) is 0 Å². The van der Waals surface area contributed by atoms with Crippen molar-refractivity contribution in [3.63, 3.8) is 0 Å². The van der Waals surface area contributed by atoms with Crippen molar-refractivity contribution in [3.05, 3.63) is 30.2 Å². The first-order valence-electron chi connectivity index (χ1n) is 8.51. The second-order valence-electron chi connectivity index (χ2n) is 5.99. The lowest BCUT2D eigenvalue weighted by molar-refractivity contribution is 0.274. The van der Waals surface area contributed by atoms with Gasteiger partial charge in [-0.1, -0.05) is 13.3 Å². The van der Waals surface area contributed by atoms with Gasteiger partial charge in [-0.05, 0) is 25.0 Å². The van der Waals surface area contributed by atoms with Crippen LogP contribution in [0.4, 0.5) is 0 Å². The minimum absolute atomic E-state index is 0.130. The predicted octanol–water partition coefficient (Wildman–Crippen LogP) is 3.49. The summed E-state index contributed by atoms with van der Waals surface area (Å²) in [4.78, 5) is 4.76.